The molecule has 0 aliphatic carbocycles. The van der Waals surface area contributed by atoms with Crippen LogP contribution in [-0.4, -0.2) is 28.4 Å². The van der Waals surface area contributed by atoms with Gasteiger partial charge in [-0.05, 0) is 6.92 Å². The van der Waals surface area contributed by atoms with Gasteiger partial charge in [0.2, 0.25) is 0 Å². The molecule has 0 fully saturated rings. The van der Waals surface area contributed by atoms with Crippen molar-refractivity contribution in [2.75, 3.05) is 6.54 Å². The molecule has 1 heterocycles. The number of rotatable bonds is 6. The van der Waals surface area contributed by atoms with E-state index in [0.29, 0.717) is 12.2 Å². The Morgan fingerprint density at radius 3 is 2.75 bits per heavy atom. The summed E-state index contributed by atoms with van der Waals surface area (Å²) in [5, 5.41) is 2.29. The van der Waals surface area contributed by atoms with Crippen LogP contribution in [0.25, 0.3) is 0 Å². The van der Waals surface area contributed by atoms with E-state index in [4.69, 9.17) is 0 Å². The second-order valence-corrected chi connectivity index (χ2v) is 3.34. The molecule has 1 aromatic rings. The number of hydrogen-bond donors (Lipinski definition) is 1. The van der Waals surface area contributed by atoms with Crippen molar-refractivity contribution < 1.29 is 17.6 Å². The summed E-state index contributed by atoms with van der Waals surface area (Å²) >= 11 is 0. The van der Waals surface area contributed by atoms with Crippen LogP contribution in [-0.2, 0) is 13.1 Å². The first-order chi connectivity index (χ1) is 7.47. The normalized spacial score (nSPS) is 12.4. The van der Waals surface area contributed by atoms with Gasteiger partial charge in [0.05, 0.1) is 18.6 Å². The minimum Gasteiger partial charge on any atom is -0.334 e. The Morgan fingerprint density at radius 1 is 1.50 bits per heavy atom. The SMILES string of the molecule is CCn1cncc1CNCC(F)(F)C(F)F. The predicted octanol–water partition coefficient (Wildman–Crippen LogP) is 1.89. The number of imidazole rings is 1. The Balaban J connectivity index is 2.41. The highest BCUT2D eigenvalue weighted by molar-refractivity contribution is 4.97. The summed E-state index contributed by atoms with van der Waals surface area (Å²) in [6.07, 6.45) is -0.574. The van der Waals surface area contributed by atoms with Crippen molar-refractivity contribution in [1.82, 2.24) is 14.9 Å². The lowest BCUT2D eigenvalue weighted by molar-refractivity contribution is -0.125. The highest BCUT2D eigenvalue weighted by Crippen LogP contribution is 2.21. The Kier molecular flexibility index (Phi) is 4.28. The quantitative estimate of drug-likeness (QED) is 0.768. The van der Waals surface area contributed by atoms with Gasteiger partial charge >= 0.3 is 12.3 Å². The van der Waals surface area contributed by atoms with E-state index in [9.17, 15) is 17.6 Å². The van der Waals surface area contributed by atoms with E-state index in [1.807, 2.05) is 6.92 Å². The number of nitrogens with zero attached hydrogens (tertiary/aromatic N) is 2. The minimum atomic E-state index is -3.99. The Hall–Kier alpha value is -1.11. The van der Waals surface area contributed by atoms with Gasteiger partial charge in [0, 0.05) is 19.3 Å². The number of aryl methyl sites for hydroxylation is 1. The molecule has 0 aromatic carbocycles. The topological polar surface area (TPSA) is 29.9 Å². The molecule has 1 rings (SSSR count). The Morgan fingerprint density at radius 2 is 2.19 bits per heavy atom. The maximum Gasteiger partial charge on any atom is 0.319 e. The molecule has 3 nitrogen and oxygen atoms in total. The van der Waals surface area contributed by atoms with E-state index < -0.39 is 18.9 Å². The molecule has 0 saturated carbocycles. The lowest BCUT2D eigenvalue weighted by atomic mass is 10.3. The standard InChI is InChI=1S/C9H13F4N3/c1-2-16-6-15-4-7(16)3-14-5-9(12,13)8(10)11/h4,6,8,14H,2-3,5H2,1H3. The molecule has 0 unspecified atom stereocenters. The number of hydrogen-bond acceptors (Lipinski definition) is 2. The van der Waals surface area contributed by atoms with Crippen molar-refractivity contribution >= 4 is 0 Å². The molecule has 0 saturated heterocycles. The molecule has 0 atom stereocenters. The van der Waals surface area contributed by atoms with Crippen LogP contribution in [0, 0.1) is 0 Å². The fourth-order valence-corrected chi connectivity index (χ4v) is 1.21. The number of aromatic nitrogens is 2. The predicted molar refractivity (Wildman–Crippen MR) is 50.6 cm³/mol. The molecule has 0 spiro atoms. The largest absolute Gasteiger partial charge is 0.334 e. The van der Waals surface area contributed by atoms with Gasteiger partial charge in [0.25, 0.3) is 0 Å². The van der Waals surface area contributed by atoms with Crippen LogP contribution < -0.4 is 5.32 Å². The van der Waals surface area contributed by atoms with Gasteiger partial charge in [0.1, 0.15) is 0 Å². The van der Waals surface area contributed by atoms with Crippen LogP contribution in [0.3, 0.4) is 0 Å². The zero-order valence-corrected chi connectivity index (χ0v) is 8.76. The van der Waals surface area contributed by atoms with Crippen LogP contribution >= 0.6 is 0 Å². The maximum atomic E-state index is 12.5. The maximum absolute atomic E-state index is 12.5. The summed E-state index contributed by atoms with van der Waals surface area (Å²) in [6, 6.07) is 0. The van der Waals surface area contributed by atoms with Crippen molar-refractivity contribution in [2.24, 2.45) is 0 Å². The number of nitrogens with one attached hydrogen (secondary N) is 1. The summed E-state index contributed by atoms with van der Waals surface area (Å²) < 4.78 is 50.4. The van der Waals surface area contributed by atoms with Crippen molar-refractivity contribution in [3.63, 3.8) is 0 Å². The zero-order valence-electron chi connectivity index (χ0n) is 8.76. The average Bonchev–Trinajstić information content (AvgIpc) is 2.64. The van der Waals surface area contributed by atoms with Gasteiger partial charge in [-0.1, -0.05) is 0 Å². The van der Waals surface area contributed by atoms with Gasteiger partial charge in [-0.25, -0.2) is 13.8 Å². The van der Waals surface area contributed by atoms with Crippen molar-refractivity contribution in [3.05, 3.63) is 18.2 Å². The van der Waals surface area contributed by atoms with Crippen LogP contribution in [0.5, 0.6) is 0 Å². The smallest absolute Gasteiger partial charge is 0.319 e. The lowest BCUT2D eigenvalue weighted by Crippen LogP contribution is -2.38. The van der Waals surface area contributed by atoms with Crippen molar-refractivity contribution in [3.8, 4) is 0 Å². The van der Waals surface area contributed by atoms with E-state index >= 15 is 0 Å². The minimum absolute atomic E-state index is 0.0934. The molecule has 0 bridgehead atoms. The highest BCUT2D eigenvalue weighted by atomic mass is 19.3. The molecule has 0 aliphatic heterocycles. The van der Waals surface area contributed by atoms with Crippen molar-refractivity contribution in [2.45, 2.75) is 32.4 Å². The van der Waals surface area contributed by atoms with Gasteiger partial charge in [0.15, 0.2) is 0 Å². The third kappa shape index (κ3) is 3.19. The molecule has 7 heteroatoms. The first kappa shape index (κ1) is 13.0. The van der Waals surface area contributed by atoms with Crippen LogP contribution in [0.1, 0.15) is 12.6 Å². The summed E-state index contributed by atoms with van der Waals surface area (Å²) in [5.41, 5.74) is 0.688. The van der Waals surface area contributed by atoms with Gasteiger partial charge in [-0.15, -0.1) is 0 Å². The fraction of sp³-hybridized carbons (Fsp3) is 0.667. The third-order valence-electron chi connectivity index (χ3n) is 2.13. The van der Waals surface area contributed by atoms with E-state index in [1.54, 1.807) is 10.9 Å². The Labute approximate surface area is 90.5 Å². The summed E-state index contributed by atoms with van der Waals surface area (Å²) in [7, 11) is 0. The third-order valence-corrected chi connectivity index (χ3v) is 2.13. The van der Waals surface area contributed by atoms with E-state index in [2.05, 4.69) is 10.3 Å². The number of alkyl halides is 4. The Bertz CT molecular complexity index is 324. The number of halogens is 4. The van der Waals surface area contributed by atoms with E-state index in [0.717, 1.165) is 0 Å². The van der Waals surface area contributed by atoms with Gasteiger partial charge in [-0.3, -0.25) is 0 Å². The highest BCUT2D eigenvalue weighted by Gasteiger charge is 2.39. The molecule has 1 aromatic heterocycles. The lowest BCUT2D eigenvalue weighted by Gasteiger charge is -2.15. The first-order valence-corrected chi connectivity index (χ1v) is 4.83. The average molecular weight is 239 g/mol. The van der Waals surface area contributed by atoms with Crippen LogP contribution in [0.15, 0.2) is 12.5 Å². The molecule has 0 amide bonds. The second kappa shape index (κ2) is 5.29. The van der Waals surface area contributed by atoms with Gasteiger partial charge < -0.3 is 9.88 Å². The molecule has 0 radical (unpaired) electrons. The van der Waals surface area contributed by atoms with Crippen molar-refractivity contribution in [1.29, 1.82) is 0 Å². The molecular weight excluding hydrogens is 226 g/mol. The summed E-state index contributed by atoms with van der Waals surface area (Å²) in [6.45, 7) is 1.58. The molecular formula is C9H13F4N3. The summed E-state index contributed by atoms with van der Waals surface area (Å²) in [4.78, 5) is 3.83. The zero-order chi connectivity index (χ0) is 12.2. The molecule has 0 aliphatic rings. The molecule has 16 heavy (non-hydrogen) atoms. The summed E-state index contributed by atoms with van der Waals surface area (Å²) in [5.74, 6) is -3.99. The van der Waals surface area contributed by atoms with E-state index in [1.165, 1.54) is 6.20 Å². The van der Waals surface area contributed by atoms with Crippen LogP contribution in [0.4, 0.5) is 17.6 Å². The molecule has 92 valence electrons. The van der Waals surface area contributed by atoms with Gasteiger partial charge in [-0.2, -0.15) is 8.78 Å². The second-order valence-electron chi connectivity index (χ2n) is 3.34. The fourth-order valence-electron chi connectivity index (χ4n) is 1.21. The van der Waals surface area contributed by atoms with E-state index in [-0.39, 0.29) is 6.54 Å². The molecule has 1 N–H and O–H groups in total. The van der Waals surface area contributed by atoms with Crippen LogP contribution in [0.2, 0.25) is 0 Å². The first-order valence-electron chi connectivity index (χ1n) is 4.83. The monoisotopic (exact) mass is 239 g/mol.